The molecule has 0 saturated carbocycles. The third-order valence-corrected chi connectivity index (χ3v) is 26.8. The molecule has 0 aliphatic rings. The molecule has 8 heteroatoms. The number of rotatable bonds is 34. The number of hydrogen-bond donors (Lipinski definition) is 0. The zero-order valence-corrected chi connectivity index (χ0v) is 84.8. The molecule has 0 fully saturated rings. The summed E-state index contributed by atoms with van der Waals surface area (Å²) in [6, 6.07) is 140. The second-order valence-corrected chi connectivity index (χ2v) is 35.4. The Bertz CT molecular complexity index is 7040. The SMILES string of the molecule is [2H]c1nc(-c2[c-]cc(-c3ccccc3-c3cc(-c4ccccc4-c4c[c-]c(-c5ccc(C([2H])([2H])C(CC)CC)cn5)cc4)cc(-c4ccccc4-c4c[c-]c(-c5ccc(C([2H])([2H])C(CC)CC)cn5)cc4)c3)cc2)cc(-c2[c-]cc(-c3ccccc3-c3cc(-c4ccccc4-c4c[c-]c(-c5ccc(C([2H])([2H])C(CC)CC)cn5)cc4)cc(-c4ccccc4-c4c[c-]c(-c5ccc(C([2H])([2H])C(CC)CC)cn5)cc4)c3)cc2)n1.[Ir+3].[Ir+3]. The van der Waals surface area contributed by atoms with Crippen LogP contribution in [-0.2, 0) is 65.7 Å². The van der Waals surface area contributed by atoms with E-state index in [1.165, 1.54) is 0 Å². The fourth-order valence-electron chi connectivity index (χ4n) is 18.7. The molecule has 19 aromatic rings. The molecule has 0 unspecified atom stereocenters. The molecule has 140 heavy (non-hydrogen) atoms. The van der Waals surface area contributed by atoms with Crippen LogP contribution in [0.2, 0.25) is 0 Å². The Kier molecular flexibility index (Phi) is 28.5. The molecule has 0 aliphatic carbocycles. The van der Waals surface area contributed by atoms with Gasteiger partial charge >= 0.3 is 40.2 Å². The van der Waals surface area contributed by atoms with Gasteiger partial charge in [0.1, 0.15) is 1.37 Å². The third-order valence-electron chi connectivity index (χ3n) is 26.8. The molecule has 0 spiro atoms. The van der Waals surface area contributed by atoms with Crippen LogP contribution >= 0.6 is 0 Å². The van der Waals surface area contributed by atoms with Gasteiger partial charge in [0, 0.05) is 35.8 Å². The van der Waals surface area contributed by atoms with E-state index in [0.29, 0.717) is 67.5 Å². The molecule has 0 N–H and O–H groups in total. The van der Waals surface area contributed by atoms with Crippen LogP contribution in [0.15, 0.2) is 377 Å². The number of aromatic nitrogens is 6. The second-order valence-electron chi connectivity index (χ2n) is 35.4. The van der Waals surface area contributed by atoms with Gasteiger partial charge in [0.25, 0.3) is 0 Å². The molecule has 5 heterocycles. The van der Waals surface area contributed by atoms with Gasteiger partial charge in [-0.05, 0) is 209 Å². The van der Waals surface area contributed by atoms with Gasteiger partial charge in [-0.25, -0.2) is 0 Å². The van der Waals surface area contributed by atoms with Crippen molar-refractivity contribution < 1.29 is 52.5 Å². The summed E-state index contributed by atoms with van der Waals surface area (Å²) in [7, 11) is 0. The van der Waals surface area contributed by atoms with Crippen molar-refractivity contribution in [2.45, 2.75) is 132 Å². The predicted molar refractivity (Wildman–Crippen MR) is 575 cm³/mol. The van der Waals surface area contributed by atoms with E-state index >= 15 is 0 Å². The van der Waals surface area contributed by atoms with Crippen molar-refractivity contribution in [3.05, 3.63) is 436 Å². The molecule has 0 amide bonds. The Hall–Kier alpha value is -13.9. The molecule has 0 bridgehead atoms. The van der Waals surface area contributed by atoms with Gasteiger partial charge in [-0.2, -0.15) is 0 Å². The Morgan fingerprint density at radius 3 is 0.521 bits per heavy atom. The fraction of sp³-hybridized carbons (Fsp3) is 0.182. The molecule has 6 nitrogen and oxygen atoms in total. The molecule has 0 aliphatic heterocycles. The summed E-state index contributed by atoms with van der Waals surface area (Å²) >= 11 is 0. The van der Waals surface area contributed by atoms with Crippen molar-refractivity contribution in [3.63, 3.8) is 0 Å². The summed E-state index contributed by atoms with van der Waals surface area (Å²) in [6.45, 7) is 16.3. The number of nitrogens with zero attached hydrogens (tertiary/aromatic N) is 6. The number of pyridine rings is 4. The molecule has 19 rings (SSSR count). The van der Waals surface area contributed by atoms with Gasteiger partial charge in [-0.15, -0.1) is 179 Å². The minimum atomic E-state index is -1.50. The maximum Gasteiger partial charge on any atom is 3.00 e. The molecule has 690 valence electrons. The fourth-order valence-corrected chi connectivity index (χ4v) is 18.7. The second kappa shape index (κ2) is 46.2. The minimum absolute atomic E-state index is 0. The molecule has 14 aromatic carbocycles. The van der Waals surface area contributed by atoms with E-state index < -0.39 is 25.5 Å². The van der Waals surface area contributed by atoms with Crippen LogP contribution in [0.5, 0.6) is 0 Å². The number of benzene rings is 14. The van der Waals surface area contributed by atoms with Gasteiger partial charge in [-0.3, -0.25) is 9.97 Å². The first kappa shape index (κ1) is 86.4. The van der Waals surface area contributed by atoms with E-state index in [1.54, 1.807) is 24.8 Å². The van der Waals surface area contributed by atoms with E-state index in [9.17, 15) is 0 Å². The zero-order valence-electron chi connectivity index (χ0n) is 89.0. The Labute approximate surface area is 868 Å². The quantitative estimate of drug-likeness (QED) is 0.0374. The standard InChI is InChI=1S/C132H114N6.2Ir/c1-9-89(10-2)73-93-41-69-127(133-84-93)103-57-45-97(46-58-103)115-29-17-23-35-121(115)109-77-110(122-36-24-18-30-116(122)98-47-59-104(60-48-98)128-70-42-94(85-134-128)74-90(11-3)12-4)80-113(79-109)125-39-27-21-33-119(125)101-53-65-107(66-54-101)131-83-132(138-88-137-131)108-67-55-102(56-68-108)120-34-22-28-40-126(120)114-81-111(123-37-25-19-31-117(123)99-49-61-105(62-50-99)129-71-43-95(86-135-129)75-91(13-5)14-6)78-112(82-114)124-38-26-20-32-118(124)100-51-63-106(64-52-100)130-72-44-96(87-136-130)76-92(15-7)16-8;;/h17-57,59,61,63,65,67,69-72,77-92H,9-16,73-76H2,1-8H3;;/q-6;2*+3/i73D2,74D2,75D2,76D2,88D;;. The first-order valence-electron chi connectivity index (χ1n) is 53.1. The largest absolute Gasteiger partial charge is 3.00 e. The first-order chi connectivity index (χ1) is 71.4. The van der Waals surface area contributed by atoms with Gasteiger partial charge in [-0.1, -0.05) is 374 Å². The summed E-state index contributed by atoms with van der Waals surface area (Å²) in [5, 5.41) is 0. The van der Waals surface area contributed by atoms with Crippen LogP contribution in [0.1, 0.15) is 141 Å². The Morgan fingerprint density at radius 1 is 0.200 bits per heavy atom. The van der Waals surface area contributed by atoms with E-state index in [2.05, 4.69) is 255 Å². The molecule has 0 atom stereocenters. The average molecular weight is 2180 g/mol. The van der Waals surface area contributed by atoms with Crippen LogP contribution in [0.4, 0.5) is 0 Å². The summed E-state index contributed by atoms with van der Waals surface area (Å²) in [5.74, 6) is -0.473. The Balaban J connectivity index is 0.00000756. The van der Waals surface area contributed by atoms with E-state index in [4.69, 9.17) is 42.2 Å². The molecular formula is C132H114Ir2N6. The van der Waals surface area contributed by atoms with E-state index in [1.807, 2.05) is 183 Å². The maximum atomic E-state index is 9.17. The molecule has 0 saturated heterocycles. The van der Waals surface area contributed by atoms with Crippen LogP contribution in [0.3, 0.4) is 0 Å². The minimum Gasteiger partial charge on any atom is -0.304 e. The third kappa shape index (κ3) is 22.3. The summed E-state index contributed by atoms with van der Waals surface area (Å²) in [5.41, 5.74) is 34.6. The van der Waals surface area contributed by atoms with Crippen molar-refractivity contribution in [1.29, 1.82) is 0 Å². The van der Waals surface area contributed by atoms with Crippen molar-refractivity contribution in [2.75, 3.05) is 0 Å². The van der Waals surface area contributed by atoms with Gasteiger partial charge in [0.05, 0.1) is 6.30 Å². The number of hydrogen-bond acceptors (Lipinski definition) is 6. The van der Waals surface area contributed by atoms with Crippen molar-refractivity contribution >= 4 is 0 Å². The summed E-state index contributed by atoms with van der Waals surface area (Å²) < 4.78 is 81.2. The van der Waals surface area contributed by atoms with Gasteiger partial charge in [0.2, 0.25) is 0 Å². The van der Waals surface area contributed by atoms with Crippen molar-refractivity contribution in [1.82, 2.24) is 29.9 Å². The smallest absolute Gasteiger partial charge is 0.304 e. The molecule has 5 aromatic heterocycles. The van der Waals surface area contributed by atoms with E-state index in [0.717, 1.165) is 207 Å². The zero-order chi connectivity index (χ0) is 102. The topological polar surface area (TPSA) is 77.3 Å². The van der Waals surface area contributed by atoms with Crippen molar-refractivity contribution in [3.8, 4) is 201 Å². The summed E-state index contributed by atoms with van der Waals surface area (Å²) in [4.78, 5) is 28.7. The van der Waals surface area contributed by atoms with Crippen LogP contribution in [0.25, 0.3) is 201 Å². The molecular weight excluding hydrogens is 2050 g/mol. The van der Waals surface area contributed by atoms with Gasteiger partial charge in [0.15, 0.2) is 0 Å². The average Bonchev–Trinajstić information content (AvgIpc) is 0.764. The van der Waals surface area contributed by atoms with E-state index in [-0.39, 0.29) is 70.2 Å². The van der Waals surface area contributed by atoms with Crippen LogP contribution in [0, 0.1) is 60.1 Å². The normalized spacial score (nSPS) is 12.7. The molecule has 0 radical (unpaired) electrons. The van der Waals surface area contributed by atoms with Crippen LogP contribution in [-0.4, -0.2) is 29.9 Å². The van der Waals surface area contributed by atoms with Crippen LogP contribution < -0.4 is 0 Å². The predicted octanol–water partition coefficient (Wildman–Crippen LogP) is 34.8. The maximum absolute atomic E-state index is 9.17. The first-order valence-corrected chi connectivity index (χ1v) is 48.6. The monoisotopic (exact) mass is 2180 g/mol. The van der Waals surface area contributed by atoms with Gasteiger partial charge < -0.3 is 19.9 Å². The Morgan fingerprint density at radius 2 is 0.371 bits per heavy atom. The summed E-state index contributed by atoms with van der Waals surface area (Å²) in [6.07, 6.45) is 6.42. The van der Waals surface area contributed by atoms with Crippen molar-refractivity contribution in [2.24, 2.45) is 23.7 Å².